The van der Waals surface area contributed by atoms with E-state index in [0.717, 1.165) is 31.1 Å². The van der Waals surface area contributed by atoms with Gasteiger partial charge >= 0.3 is 0 Å². The number of aryl methyl sites for hydroxylation is 1. The first-order valence-corrected chi connectivity index (χ1v) is 8.04. The van der Waals surface area contributed by atoms with E-state index in [9.17, 15) is 0 Å². The van der Waals surface area contributed by atoms with Gasteiger partial charge in [0, 0.05) is 30.4 Å². The highest BCUT2D eigenvalue weighted by atomic mass is 15.2. The van der Waals surface area contributed by atoms with Crippen molar-refractivity contribution in [3.8, 4) is 0 Å². The summed E-state index contributed by atoms with van der Waals surface area (Å²) in [5.74, 6) is 1.85. The third kappa shape index (κ3) is 2.95. The molecule has 1 fully saturated rings. The van der Waals surface area contributed by atoms with E-state index in [1.165, 1.54) is 43.6 Å². The summed E-state index contributed by atoms with van der Waals surface area (Å²) in [6, 6.07) is 0.673. The number of nitrogens with zero attached hydrogens (tertiary/aromatic N) is 3. The molecular weight excluding hydrogens is 248 g/mol. The van der Waals surface area contributed by atoms with E-state index in [-0.39, 0.29) is 0 Å². The first kappa shape index (κ1) is 13.8. The lowest BCUT2D eigenvalue weighted by molar-refractivity contribution is 0.266. The molecular formula is C16H26N4. The first-order valence-electron chi connectivity index (χ1n) is 8.04. The Morgan fingerprint density at radius 3 is 2.95 bits per heavy atom. The number of hydrogen-bond acceptors (Lipinski definition) is 4. The quantitative estimate of drug-likeness (QED) is 0.916. The van der Waals surface area contributed by atoms with Crippen LogP contribution in [0.3, 0.4) is 0 Å². The summed E-state index contributed by atoms with van der Waals surface area (Å²) in [5, 5.41) is 3.60. The van der Waals surface area contributed by atoms with Gasteiger partial charge in [-0.2, -0.15) is 0 Å². The number of nitrogens with one attached hydrogen (secondary N) is 1. The molecule has 3 rings (SSSR count). The van der Waals surface area contributed by atoms with Crippen LogP contribution in [0, 0.1) is 5.92 Å². The molecule has 20 heavy (non-hydrogen) atoms. The summed E-state index contributed by atoms with van der Waals surface area (Å²) in [5.41, 5.74) is 2.64. The van der Waals surface area contributed by atoms with Crippen molar-refractivity contribution in [2.75, 3.05) is 25.0 Å². The number of anilines is 1. The van der Waals surface area contributed by atoms with E-state index in [1.54, 1.807) is 6.33 Å². The van der Waals surface area contributed by atoms with Gasteiger partial charge in [0.1, 0.15) is 12.1 Å². The van der Waals surface area contributed by atoms with Crippen molar-refractivity contribution in [1.29, 1.82) is 0 Å². The van der Waals surface area contributed by atoms with Crippen LogP contribution in [0.25, 0.3) is 0 Å². The van der Waals surface area contributed by atoms with Crippen LogP contribution < -0.4 is 5.32 Å². The summed E-state index contributed by atoms with van der Waals surface area (Å²) in [6.45, 7) is 8.09. The predicted molar refractivity (Wildman–Crippen MR) is 82.0 cm³/mol. The second-order valence-corrected chi connectivity index (χ2v) is 6.48. The van der Waals surface area contributed by atoms with Crippen molar-refractivity contribution in [3.63, 3.8) is 0 Å². The maximum absolute atomic E-state index is 4.47. The van der Waals surface area contributed by atoms with Gasteiger partial charge in [0.15, 0.2) is 0 Å². The van der Waals surface area contributed by atoms with Gasteiger partial charge in [-0.1, -0.05) is 0 Å². The molecule has 1 saturated heterocycles. The third-order valence-electron chi connectivity index (χ3n) is 4.73. The van der Waals surface area contributed by atoms with Gasteiger partial charge in [0.2, 0.25) is 0 Å². The number of aromatic nitrogens is 2. The molecule has 1 unspecified atom stereocenters. The van der Waals surface area contributed by atoms with Crippen molar-refractivity contribution in [3.05, 3.63) is 17.6 Å². The molecule has 4 heteroatoms. The van der Waals surface area contributed by atoms with Crippen LogP contribution in [-0.2, 0) is 12.8 Å². The predicted octanol–water partition coefficient (Wildman–Crippen LogP) is 2.50. The second kappa shape index (κ2) is 6.08. The van der Waals surface area contributed by atoms with Crippen molar-refractivity contribution in [2.45, 2.75) is 52.0 Å². The zero-order chi connectivity index (χ0) is 13.9. The Kier molecular flexibility index (Phi) is 4.20. The SMILES string of the molecule is CC(C)N1CCC(CNc2ncnc3c2CCCC3)C1. The molecule has 1 atom stereocenters. The first-order chi connectivity index (χ1) is 9.74. The van der Waals surface area contributed by atoms with Crippen LogP contribution in [-0.4, -0.2) is 40.5 Å². The minimum Gasteiger partial charge on any atom is -0.369 e. The Hall–Kier alpha value is -1.16. The molecule has 2 aliphatic rings. The highest BCUT2D eigenvalue weighted by Crippen LogP contribution is 2.25. The molecule has 1 aromatic heterocycles. The fraction of sp³-hybridized carbons (Fsp3) is 0.750. The molecule has 110 valence electrons. The molecule has 0 spiro atoms. The fourth-order valence-electron chi connectivity index (χ4n) is 3.41. The van der Waals surface area contributed by atoms with Gasteiger partial charge in [0.25, 0.3) is 0 Å². The third-order valence-corrected chi connectivity index (χ3v) is 4.73. The molecule has 2 heterocycles. The Balaban J connectivity index is 1.59. The van der Waals surface area contributed by atoms with Gasteiger partial charge in [-0.15, -0.1) is 0 Å². The topological polar surface area (TPSA) is 41.0 Å². The van der Waals surface area contributed by atoms with E-state index in [4.69, 9.17) is 0 Å². The summed E-state index contributed by atoms with van der Waals surface area (Å²) in [4.78, 5) is 11.5. The second-order valence-electron chi connectivity index (χ2n) is 6.48. The van der Waals surface area contributed by atoms with Crippen molar-refractivity contribution >= 4 is 5.82 Å². The average molecular weight is 274 g/mol. The van der Waals surface area contributed by atoms with Gasteiger partial charge in [-0.05, 0) is 58.4 Å². The molecule has 1 aliphatic heterocycles. The Bertz CT molecular complexity index is 458. The zero-order valence-corrected chi connectivity index (χ0v) is 12.7. The minimum absolute atomic E-state index is 0.673. The molecule has 0 bridgehead atoms. The maximum atomic E-state index is 4.47. The lowest BCUT2D eigenvalue weighted by atomic mass is 9.96. The van der Waals surface area contributed by atoms with Gasteiger partial charge in [-0.3, -0.25) is 0 Å². The van der Waals surface area contributed by atoms with Crippen molar-refractivity contribution < 1.29 is 0 Å². The molecule has 1 aromatic rings. The van der Waals surface area contributed by atoms with Crippen LogP contribution in [0.2, 0.25) is 0 Å². The fourth-order valence-corrected chi connectivity index (χ4v) is 3.41. The molecule has 4 nitrogen and oxygen atoms in total. The lowest BCUT2D eigenvalue weighted by Gasteiger charge is -2.21. The highest BCUT2D eigenvalue weighted by molar-refractivity contribution is 5.47. The summed E-state index contributed by atoms with van der Waals surface area (Å²) in [7, 11) is 0. The molecule has 1 aliphatic carbocycles. The smallest absolute Gasteiger partial charge is 0.132 e. The Morgan fingerprint density at radius 1 is 1.30 bits per heavy atom. The van der Waals surface area contributed by atoms with Crippen LogP contribution in [0.15, 0.2) is 6.33 Å². The van der Waals surface area contributed by atoms with Crippen LogP contribution >= 0.6 is 0 Å². The maximum Gasteiger partial charge on any atom is 0.132 e. The molecule has 0 amide bonds. The summed E-state index contributed by atoms with van der Waals surface area (Å²) < 4.78 is 0. The summed E-state index contributed by atoms with van der Waals surface area (Å²) in [6.07, 6.45) is 7.84. The Morgan fingerprint density at radius 2 is 2.15 bits per heavy atom. The van der Waals surface area contributed by atoms with Gasteiger partial charge in [0.05, 0.1) is 0 Å². The van der Waals surface area contributed by atoms with Crippen LogP contribution in [0.4, 0.5) is 5.82 Å². The van der Waals surface area contributed by atoms with Crippen LogP contribution in [0.1, 0.15) is 44.4 Å². The number of rotatable bonds is 4. The number of likely N-dealkylation sites (tertiary alicyclic amines) is 1. The van der Waals surface area contributed by atoms with E-state index >= 15 is 0 Å². The monoisotopic (exact) mass is 274 g/mol. The number of hydrogen-bond donors (Lipinski definition) is 1. The molecule has 0 aromatic carbocycles. The molecule has 0 saturated carbocycles. The van der Waals surface area contributed by atoms with Crippen LogP contribution in [0.5, 0.6) is 0 Å². The van der Waals surface area contributed by atoms with E-state index < -0.39 is 0 Å². The van der Waals surface area contributed by atoms with E-state index in [2.05, 4.69) is 34.0 Å². The largest absolute Gasteiger partial charge is 0.369 e. The zero-order valence-electron chi connectivity index (χ0n) is 12.7. The Labute approximate surface area is 122 Å². The minimum atomic E-state index is 0.673. The van der Waals surface area contributed by atoms with Crippen molar-refractivity contribution in [1.82, 2.24) is 14.9 Å². The highest BCUT2D eigenvalue weighted by Gasteiger charge is 2.24. The van der Waals surface area contributed by atoms with E-state index in [1.807, 2.05) is 0 Å². The standard InChI is InChI=1S/C16H26N4/c1-12(2)20-8-7-13(10-20)9-17-16-14-5-3-4-6-15(14)18-11-19-16/h11-13H,3-10H2,1-2H3,(H,17,18,19). The van der Waals surface area contributed by atoms with Gasteiger partial charge in [-0.25, -0.2) is 9.97 Å². The number of fused-ring (bicyclic) bond motifs is 1. The lowest BCUT2D eigenvalue weighted by Crippen LogP contribution is -2.29. The normalized spacial score (nSPS) is 23.1. The molecule has 0 radical (unpaired) electrons. The summed E-state index contributed by atoms with van der Waals surface area (Å²) >= 11 is 0. The van der Waals surface area contributed by atoms with Gasteiger partial charge < -0.3 is 10.2 Å². The van der Waals surface area contributed by atoms with Crippen molar-refractivity contribution in [2.24, 2.45) is 5.92 Å². The average Bonchev–Trinajstić information content (AvgIpc) is 2.94. The molecule has 1 N–H and O–H groups in total. The van der Waals surface area contributed by atoms with E-state index in [0.29, 0.717) is 6.04 Å².